The van der Waals surface area contributed by atoms with E-state index in [2.05, 4.69) is 36.5 Å². The maximum absolute atomic E-state index is 12.2. The van der Waals surface area contributed by atoms with Gasteiger partial charge in [-0.05, 0) is 25.5 Å². The molecule has 1 aromatic rings. The Bertz CT molecular complexity index is 464. The van der Waals surface area contributed by atoms with Gasteiger partial charge in [0.1, 0.15) is 6.61 Å². The number of morpholine rings is 1. The number of benzene rings is 1. The molecule has 2 fully saturated rings. The second-order valence-electron chi connectivity index (χ2n) is 5.61. The lowest BCUT2D eigenvalue weighted by Crippen LogP contribution is -2.60. The van der Waals surface area contributed by atoms with Crippen molar-refractivity contribution in [1.82, 2.24) is 10.2 Å². The summed E-state index contributed by atoms with van der Waals surface area (Å²) >= 11 is 0. The minimum absolute atomic E-state index is 0.107. The average molecular weight is 260 g/mol. The van der Waals surface area contributed by atoms with Crippen molar-refractivity contribution in [3.8, 4) is 0 Å². The van der Waals surface area contributed by atoms with Gasteiger partial charge >= 0.3 is 0 Å². The number of nitrogens with one attached hydrogen (secondary N) is 1. The second-order valence-corrected chi connectivity index (χ2v) is 5.61. The van der Waals surface area contributed by atoms with Crippen molar-refractivity contribution < 1.29 is 9.53 Å². The molecule has 1 atom stereocenters. The van der Waals surface area contributed by atoms with E-state index in [4.69, 9.17) is 4.74 Å². The first kappa shape index (κ1) is 12.6. The average Bonchev–Trinajstić information content (AvgIpc) is 2.86. The first-order chi connectivity index (χ1) is 9.20. The van der Waals surface area contributed by atoms with Gasteiger partial charge in [-0.2, -0.15) is 0 Å². The first-order valence-electron chi connectivity index (χ1n) is 6.84. The number of aryl methyl sites for hydroxylation is 1. The fourth-order valence-corrected chi connectivity index (χ4v) is 2.96. The van der Waals surface area contributed by atoms with Gasteiger partial charge in [0.15, 0.2) is 0 Å². The molecule has 19 heavy (non-hydrogen) atoms. The molecule has 2 saturated heterocycles. The SMILES string of the molecule is Cc1ccc(CN2C(=O)COCC23CCNC3)cc1. The standard InChI is InChI=1S/C15H20N2O2/c1-12-2-4-13(5-3-12)8-17-14(18)9-19-11-15(17)6-7-16-10-15/h2-5,16H,6-11H2,1H3. The molecule has 2 aliphatic heterocycles. The molecule has 1 amide bonds. The third-order valence-corrected chi connectivity index (χ3v) is 4.15. The first-order valence-corrected chi connectivity index (χ1v) is 6.84. The Kier molecular flexibility index (Phi) is 3.29. The molecule has 2 aliphatic rings. The maximum atomic E-state index is 12.2. The maximum Gasteiger partial charge on any atom is 0.249 e. The lowest BCUT2D eigenvalue weighted by atomic mass is 9.94. The van der Waals surface area contributed by atoms with Crippen LogP contribution < -0.4 is 5.32 Å². The van der Waals surface area contributed by atoms with Gasteiger partial charge in [-0.15, -0.1) is 0 Å². The highest BCUT2D eigenvalue weighted by Gasteiger charge is 2.45. The van der Waals surface area contributed by atoms with Gasteiger partial charge in [-0.3, -0.25) is 4.79 Å². The van der Waals surface area contributed by atoms with E-state index in [-0.39, 0.29) is 18.1 Å². The summed E-state index contributed by atoms with van der Waals surface area (Å²) < 4.78 is 5.48. The topological polar surface area (TPSA) is 41.6 Å². The summed E-state index contributed by atoms with van der Waals surface area (Å²) in [7, 11) is 0. The van der Waals surface area contributed by atoms with Crippen LogP contribution in [-0.4, -0.2) is 42.6 Å². The summed E-state index contributed by atoms with van der Waals surface area (Å²) in [6, 6.07) is 8.40. The van der Waals surface area contributed by atoms with E-state index in [1.807, 2.05) is 4.90 Å². The van der Waals surface area contributed by atoms with Crippen LogP contribution in [0.3, 0.4) is 0 Å². The number of hydrogen-bond donors (Lipinski definition) is 1. The van der Waals surface area contributed by atoms with Gasteiger partial charge in [0, 0.05) is 13.1 Å². The van der Waals surface area contributed by atoms with Gasteiger partial charge in [0.25, 0.3) is 0 Å². The zero-order valence-corrected chi connectivity index (χ0v) is 11.3. The third-order valence-electron chi connectivity index (χ3n) is 4.15. The van der Waals surface area contributed by atoms with Crippen LogP contribution in [-0.2, 0) is 16.1 Å². The number of hydrogen-bond acceptors (Lipinski definition) is 3. The van der Waals surface area contributed by atoms with E-state index in [9.17, 15) is 4.79 Å². The van der Waals surface area contributed by atoms with Crippen molar-refractivity contribution in [3.63, 3.8) is 0 Å². The molecule has 0 saturated carbocycles. The van der Waals surface area contributed by atoms with E-state index >= 15 is 0 Å². The van der Waals surface area contributed by atoms with Crippen LogP contribution in [0.5, 0.6) is 0 Å². The molecule has 1 aromatic carbocycles. The molecule has 0 aromatic heterocycles. The van der Waals surface area contributed by atoms with Crippen molar-refractivity contribution in [3.05, 3.63) is 35.4 Å². The predicted molar refractivity (Wildman–Crippen MR) is 72.8 cm³/mol. The molecule has 2 heterocycles. The number of carbonyl (C=O) groups excluding carboxylic acids is 1. The van der Waals surface area contributed by atoms with Crippen LogP contribution in [0.4, 0.5) is 0 Å². The normalized spacial score (nSPS) is 27.2. The van der Waals surface area contributed by atoms with Crippen LogP contribution >= 0.6 is 0 Å². The summed E-state index contributed by atoms with van der Waals surface area (Å²) in [6.45, 7) is 5.42. The predicted octanol–water partition coefficient (Wildman–Crippen LogP) is 1.09. The lowest BCUT2D eigenvalue weighted by molar-refractivity contribution is -0.157. The van der Waals surface area contributed by atoms with Crippen LogP contribution in [0.2, 0.25) is 0 Å². The molecule has 4 heteroatoms. The highest BCUT2D eigenvalue weighted by Crippen LogP contribution is 2.29. The molecule has 1 N–H and O–H groups in total. The second kappa shape index (κ2) is 4.94. The van der Waals surface area contributed by atoms with Crippen molar-refractivity contribution in [2.45, 2.75) is 25.4 Å². The molecule has 0 aliphatic carbocycles. The van der Waals surface area contributed by atoms with Gasteiger partial charge in [-0.1, -0.05) is 29.8 Å². The molecule has 3 rings (SSSR count). The van der Waals surface area contributed by atoms with Crippen LogP contribution in [0.1, 0.15) is 17.5 Å². The minimum Gasteiger partial charge on any atom is -0.369 e. The Morgan fingerprint density at radius 3 is 2.84 bits per heavy atom. The van der Waals surface area contributed by atoms with E-state index in [0.717, 1.165) is 19.5 Å². The number of carbonyl (C=O) groups is 1. The molecule has 1 unspecified atom stereocenters. The lowest BCUT2D eigenvalue weighted by Gasteiger charge is -2.44. The summed E-state index contributed by atoms with van der Waals surface area (Å²) in [6.07, 6.45) is 0.977. The fraction of sp³-hybridized carbons (Fsp3) is 0.533. The van der Waals surface area contributed by atoms with Gasteiger partial charge in [0.05, 0.1) is 12.1 Å². The minimum atomic E-state index is -0.139. The van der Waals surface area contributed by atoms with Crippen molar-refractivity contribution >= 4 is 5.91 Å². The van der Waals surface area contributed by atoms with E-state index in [1.165, 1.54) is 11.1 Å². The Morgan fingerprint density at radius 1 is 1.37 bits per heavy atom. The fourth-order valence-electron chi connectivity index (χ4n) is 2.96. The zero-order chi connectivity index (χ0) is 13.3. The van der Waals surface area contributed by atoms with Crippen LogP contribution in [0.15, 0.2) is 24.3 Å². The zero-order valence-electron chi connectivity index (χ0n) is 11.3. The van der Waals surface area contributed by atoms with Crippen LogP contribution in [0.25, 0.3) is 0 Å². The molecular formula is C15H20N2O2. The summed E-state index contributed by atoms with van der Waals surface area (Å²) in [4.78, 5) is 14.2. The Labute approximate surface area is 113 Å². The van der Waals surface area contributed by atoms with Crippen LogP contribution in [0, 0.1) is 6.92 Å². The number of amides is 1. The molecule has 0 bridgehead atoms. The largest absolute Gasteiger partial charge is 0.369 e. The van der Waals surface area contributed by atoms with Crippen molar-refractivity contribution in [2.24, 2.45) is 0 Å². The molecule has 102 valence electrons. The van der Waals surface area contributed by atoms with E-state index in [0.29, 0.717) is 13.2 Å². The highest BCUT2D eigenvalue weighted by molar-refractivity contribution is 5.79. The third kappa shape index (κ3) is 2.38. The summed E-state index contributed by atoms with van der Waals surface area (Å²) in [5.74, 6) is 0.107. The summed E-state index contributed by atoms with van der Waals surface area (Å²) in [5, 5.41) is 3.35. The highest BCUT2D eigenvalue weighted by atomic mass is 16.5. The van der Waals surface area contributed by atoms with Gasteiger partial charge in [0.2, 0.25) is 5.91 Å². The van der Waals surface area contributed by atoms with Gasteiger partial charge < -0.3 is 15.0 Å². The quantitative estimate of drug-likeness (QED) is 0.865. The smallest absolute Gasteiger partial charge is 0.249 e. The van der Waals surface area contributed by atoms with Crippen molar-refractivity contribution in [1.29, 1.82) is 0 Å². The summed E-state index contributed by atoms with van der Waals surface area (Å²) in [5.41, 5.74) is 2.29. The molecule has 1 spiro atoms. The van der Waals surface area contributed by atoms with E-state index < -0.39 is 0 Å². The molecule has 4 nitrogen and oxygen atoms in total. The van der Waals surface area contributed by atoms with E-state index in [1.54, 1.807) is 0 Å². The van der Waals surface area contributed by atoms with Gasteiger partial charge in [-0.25, -0.2) is 0 Å². The Hall–Kier alpha value is -1.39. The number of ether oxygens (including phenoxy) is 1. The Morgan fingerprint density at radius 2 is 2.16 bits per heavy atom. The Balaban J connectivity index is 1.83. The number of nitrogens with zero attached hydrogens (tertiary/aromatic N) is 1. The molecular weight excluding hydrogens is 240 g/mol. The van der Waals surface area contributed by atoms with Crippen molar-refractivity contribution in [2.75, 3.05) is 26.3 Å². The molecule has 0 radical (unpaired) electrons. The monoisotopic (exact) mass is 260 g/mol. The number of rotatable bonds is 2.